The summed E-state index contributed by atoms with van der Waals surface area (Å²) in [6.07, 6.45) is 7.44. The van der Waals surface area contributed by atoms with E-state index in [1.54, 1.807) is 0 Å². The maximum absolute atomic E-state index is 12.7. The Bertz CT molecular complexity index is 1060. The third-order valence-corrected chi connectivity index (χ3v) is 6.88. The number of benzene rings is 1. The summed E-state index contributed by atoms with van der Waals surface area (Å²) >= 11 is 0. The van der Waals surface area contributed by atoms with Gasteiger partial charge in [-0.1, -0.05) is 45.2 Å². The van der Waals surface area contributed by atoms with E-state index in [9.17, 15) is 14.4 Å². The fourth-order valence-corrected chi connectivity index (χ4v) is 5.00. The van der Waals surface area contributed by atoms with Gasteiger partial charge in [-0.3, -0.25) is 14.4 Å². The number of carbonyl (C=O) groups excluding carboxylic acids is 2. The van der Waals surface area contributed by atoms with E-state index < -0.39 is 11.5 Å². The first kappa shape index (κ1) is 22.3. The summed E-state index contributed by atoms with van der Waals surface area (Å²) in [5, 5.41) is 2.82. The SMILES string of the molecule is CN(c1ccc(CNC(=O)c2cc3c([nH]c2=O)CC(C)(C)CC3=O)cc1)C1CCCCC1. The van der Waals surface area contributed by atoms with Crippen molar-refractivity contribution in [3.8, 4) is 0 Å². The minimum Gasteiger partial charge on any atom is -0.372 e. The molecule has 0 radical (unpaired) electrons. The van der Waals surface area contributed by atoms with Crippen LogP contribution in [0.5, 0.6) is 0 Å². The van der Waals surface area contributed by atoms with E-state index in [2.05, 4.69) is 34.4 Å². The van der Waals surface area contributed by atoms with Gasteiger partial charge in [0.05, 0.1) is 0 Å². The van der Waals surface area contributed by atoms with Crippen LogP contribution in [0.1, 0.15) is 84.3 Å². The highest BCUT2D eigenvalue weighted by Gasteiger charge is 2.32. The number of ketones is 1. The van der Waals surface area contributed by atoms with Gasteiger partial charge in [-0.15, -0.1) is 0 Å². The maximum Gasteiger partial charge on any atom is 0.261 e. The summed E-state index contributed by atoms with van der Waals surface area (Å²) in [4.78, 5) is 42.8. The zero-order valence-electron chi connectivity index (χ0n) is 19.3. The quantitative estimate of drug-likeness (QED) is 0.736. The number of pyridine rings is 1. The lowest BCUT2D eigenvalue weighted by Crippen LogP contribution is -2.34. The number of anilines is 1. The number of H-pyrrole nitrogens is 1. The number of nitrogens with one attached hydrogen (secondary N) is 2. The molecule has 170 valence electrons. The molecule has 6 heteroatoms. The third kappa shape index (κ3) is 4.79. The smallest absolute Gasteiger partial charge is 0.261 e. The molecule has 0 aliphatic heterocycles. The van der Waals surface area contributed by atoms with E-state index in [1.165, 1.54) is 43.9 Å². The minimum atomic E-state index is -0.463. The zero-order chi connectivity index (χ0) is 22.9. The van der Waals surface area contributed by atoms with Crippen LogP contribution in [0, 0.1) is 5.41 Å². The van der Waals surface area contributed by atoms with E-state index in [1.807, 2.05) is 26.0 Å². The second-order valence-corrected chi connectivity index (χ2v) is 10.1. The lowest BCUT2D eigenvalue weighted by Gasteiger charge is -2.33. The van der Waals surface area contributed by atoms with Crippen LogP contribution >= 0.6 is 0 Å². The van der Waals surface area contributed by atoms with Crippen molar-refractivity contribution < 1.29 is 9.59 Å². The van der Waals surface area contributed by atoms with Gasteiger partial charge in [0.15, 0.2) is 5.78 Å². The Hall–Kier alpha value is -2.89. The second-order valence-electron chi connectivity index (χ2n) is 10.1. The minimum absolute atomic E-state index is 0.00884. The highest BCUT2D eigenvalue weighted by molar-refractivity contribution is 6.02. The number of aromatic amines is 1. The molecule has 2 aliphatic carbocycles. The number of nitrogens with zero attached hydrogens (tertiary/aromatic N) is 1. The molecule has 0 spiro atoms. The van der Waals surface area contributed by atoms with Gasteiger partial charge in [-0.25, -0.2) is 0 Å². The highest BCUT2D eigenvalue weighted by Crippen LogP contribution is 2.33. The van der Waals surface area contributed by atoms with Crippen molar-refractivity contribution in [3.63, 3.8) is 0 Å². The Balaban J connectivity index is 1.41. The van der Waals surface area contributed by atoms with Crippen molar-refractivity contribution in [1.82, 2.24) is 10.3 Å². The molecule has 0 saturated heterocycles. The lowest BCUT2D eigenvalue weighted by atomic mass is 9.75. The molecule has 0 atom stereocenters. The molecule has 1 fully saturated rings. The first-order chi connectivity index (χ1) is 15.2. The van der Waals surface area contributed by atoms with Crippen molar-refractivity contribution in [1.29, 1.82) is 0 Å². The highest BCUT2D eigenvalue weighted by atomic mass is 16.2. The van der Waals surface area contributed by atoms with Crippen LogP contribution < -0.4 is 15.8 Å². The molecule has 1 saturated carbocycles. The predicted octanol–water partition coefficient (Wildman–Crippen LogP) is 4.23. The summed E-state index contributed by atoms with van der Waals surface area (Å²) in [5.41, 5.74) is 2.59. The predicted molar refractivity (Wildman–Crippen MR) is 126 cm³/mol. The molecule has 6 nitrogen and oxygen atoms in total. The van der Waals surface area contributed by atoms with E-state index in [-0.39, 0.29) is 16.8 Å². The van der Waals surface area contributed by atoms with Crippen LogP contribution in [0.15, 0.2) is 35.1 Å². The van der Waals surface area contributed by atoms with Gasteiger partial charge in [-0.2, -0.15) is 0 Å². The Labute approximate surface area is 189 Å². The molecule has 32 heavy (non-hydrogen) atoms. The van der Waals surface area contributed by atoms with Gasteiger partial charge in [0.2, 0.25) is 0 Å². The fraction of sp³-hybridized carbons (Fsp3) is 0.500. The van der Waals surface area contributed by atoms with Crippen LogP contribution in [0.4, 0.5) is 5.69 Å². The molecule has 1 heterocycles. The first-order valence-electron chi connectivity index (χ1n) is 11.6. The summed E-state index contributed by atoms with van der Waals surface area (Å²) in [6.45, 7) is 4.33. The first-order valence-corrected chi connectivity index (χ1v) is 11.6. The lowest BCUT2D eigenvalue weighted by molar-refractivity contribution is 0.0910. The number of hydrogen-bond acceptors (Lipinski definition) is 4. The molecule has 2 aromatic rings. The van der Waals surface area contributed by atoms with E-state index in [0.29, 0.717) is 36.7 Å². The molecule has 4 rings (SSSR count). The summed E-state index contributed by atoms with van der Waals surface area (Å²) in [6, 6.07) is 10.3. The van der Waals surface area contributed by atoms with Crippen LogP contribution in [0.2, 0.25) is 0 Å². The van der Waals surface area contributed by atoms with Gasteiger partial charge < -0.3 is 15.2 Å². The number of fused-ring (bicyclic) bond motifs is 1. The van der Waals surface area contributed by atoms with Gasteiger partial charge in [0.1, 0.15) is 5.56 Å². The van der Waals surface area contributed by atoms with Crippen LogP contribution in [0.3, 0.4) is 0 Å². The normalized spacial score (nSPS) is 18.2. The molecular formula is C26H33N3O3. The molecule has 0 bridgehead atoms. The standard InChI is InChI=1S/C26H33N3O3/c1-26(2)14-22-20(23(30)15-26)13-21(25(32)28-22)24(31)27-16-17-9-11-19(12-10-17)29(3)18-7-5-4-6-8-18/h9-13,18H,4-8,14-16H2,1-3H3,(H,27,31)(H,28,32). The average Bonchev–Trinajstić information content (AvgIpc) is 2.76. The number of carbonyl (C=O) groups is 2. The fourth-order valence-electron chi connectivity index (χ4n) is 5.00. The molecular weight excluding hydrogens is 402 g/mol. The van der Waals surface area contributed by atoms with Gasteiger partial charge in [-0.05, 0) is 48.4 Å². The molecule has 2 N–H and O–H groups in total. The Morgan fingerprint density at radius 1 is 1.09 bits per heavy atom. The van der Waals surface area contributed by atoms with Crippen LogP contribution in [0.25, 0.3) is 0 Å². The number of amides is 1. The molecule has 0 unspecified atom stereocenters. The average molecular weight is 436 g/mol. The summed E-state index contributed by atoms with van der Waals surface area (Å²) < 4.78 is 0. The Kier molecular flexibility index (Phi) is 6.22. The second kappa shape index (κ2) is 8.93. The topological polar surface area (TPSA) is 82.3 Å². The van der Waals surface area contributed by atoms with Crippen molar-refractivity contribution in [2.24, 2.45) is 5.41 Å². The molecule has 1 aromatic carbocycles. The van der Waals surface area contributed by atoms with Crippen molar-refractivity contribution in [2.75, 3.05) is 11.9 Å². The molecule has 1 aromatic heterocycles. The molecule has 2 aliphatic rings. The number of Topliss-reactive ketones (excluding diaryl/α,β-unsaturated/α-hetero) is 1. The van der Waals surface area contributed by atoms with Crippen molar-refractivity contribution in [3.05, 3.63) is 63.1 Å². The monoisotopic (exact) mass is 435 g/mol. The van der Waals surface area contributed by atoms with Gasteiger partial charge >= 0.3 is 0 Å². The summed E-state index contributed by atoms with van der Waals surface area (Å²) in [5.74, 6) is -0.491. The van der Waals surface area contributed by atoms with Crippen LogP contribution in [-0.4, -0.2) is 29.8 Å². The molecule has 1 amide bonds. The van der Waals surface area contributed by atoms with E-state index in [0.717, 1.165) is 5.56 Å². The number of hydrogen-bond donors (Lipinski definition) is 2. The Morgan fingerprint density at radius 2 is 1.78 bits per heavy atom. The number of aromatic nitrogens is 1. The van der Waals surface area contributed by atoms with Crippen molar-refractivity contribution >= 4 is 17.4 Å². The maximum atomic E-state index is 12.7. The van der Waals surface area contributed by atoms with Gasteiger partial charge in [0.25, 0.3) is 11.5 Å². The van der Waals surface area contributed by atoms with Crippen LogP contribution in [-0.2, 0) is 13.0 Å². The van der Waals surface area contributed by atoms with Crippen molar-refractivity contribution in [2.45, 2.75) is 71.4 Å². The Morgan fingerprint density at radius 3 is 2.47 bits per heavy atom. The largest absolute Gasteiger partial charge is 0.372 e. The van der Waals surface area contributed by atoms with E-state index in [4.69, 9.17) is 0 Å². The zero-order valence-corrected chi connectivity index (χ0v) is 19.3. The van der Waals surface area contributed by atoms with E-state index >= 15 is 0 Å². The third-order valence-electron chi connectivity index (χ3n) is 6.88. The van der Waals surface area contributed by atoms with Gasteiger partial charge in [0, 0.05) is 43.0 Å². The summed E-state index contributed by atoms with van der Waals surface area (Å²) in [7, 11) is 2.15. The number of rotatable bonds is 5.